The summed E-state index contributed by atoms with van der Waals surface area (Å²) in [5.74, 6) is 0.512. The first-order valence-corrected chi connectivity index (χ1v) is 7.84. The average Bonchev–Trinajstić information content (AvgIpc) is 3.10. The molecule has 4 rings (SSSR count). The molecular weight excluding hydrogens is 310 g/mol. The third-order valence-electron chi connectivity index (χ3n) is 4.55. The van der Waals surface area contributed by atoms with Gasteiger partial charge in [0.25, 0.3) is 0 Å². The lowest BCUT2D eigenvalue weighted by atomic mass is 9.86. The monoisotopic (exact) mass is 329 g/mol. The van der Waals surface area contributed by atoms with Crippen LogP contribution in [-0.2, 0) is 0 Å². The molecule has 3 aromatic rings. The van der Waals surface area contributed by atoms with Gasteiger partial charge in [0.1, 0.15) is 6.33 Å². The number of piperidine rings is 1. The number of nitrogens with zero attached hydrogens (tertiary/aromatic N) is 4. The van der Waals surface area contributed by atoms with Gasteiger partial charge in [-0.1, -0.05) is 36.4 Å². The Morgan fingerprint density at radius 3 is 2.74 bits per heavy atom. The topological polar surface area (TPSA) is 55.6 Å². The number of halogens is 1. The number of rotatable bonds is 3. The van der Waals surface area contributed by atoms with Crippen LogP contribution in [0.4, 0.5) is 0 Å². The van der Waals surface area contributed by atoms with Crippen LogP contribution in [0.5, 0.6) is 0 Å². The lowest BCUT2D eigenvalue weighted by Gasteiger charge is -2.30. The summed E-state index contributed by atoms with van der Waals surface area (Å²) in [5.41, 5.74) is 1.28. The highest BCUT2D eigenvalue weighted by Gasteiger charge is 2.27. The summed E-state index contributed by atoms with van der Waals surface area (Å²) in [5, 5.41) is 17.9. The molecule has 1 unspecified atom stereocenters. The van der Waals surface area contributed by atoms with Gasteiger partial charge in [-0.15, -0.1) is 17.5 Å². The zero-order valence-electron chi connectivity index (χ0n) is 12.8. The molecule has 0 amide bonds. The van der Waals surface area contributed by atoms with E-state index in [2.05, 4.69) is 63.3 Å². The normalized spacial score (nSPS) is 19.2. The molecule has 5 nitrogen and oxygen atoms in total. The van der Waals surface area contributed by atoms with Crippen LogP contribution < -0.4 is 5.32 Å². The molecule has 1 N–H and O–H groups in total. The van der Waals surface area contributed by atoms with E-state index in [1.807, 2.05) is 4.68 Å². The molecule has 6 heteroatoms. The maximum Gasteiger partial charge on any atom is 0.138 e. The Hall–Kier alpha value is -1.98. The molecular formula is C17H20ClN5. The van der Waals surface area contributed by atoms with E-state index >= 15 is 0 Å². The van der Waals surface area contributed by atoms with Gasteiger partial charge in [-0.25, -0.2) is 4.68 Å². The van der Waals surface area contributed by atoms with Crippen molar-refractivity contribution in [3.05, 3.63) is 54.4 Å². The van der Waals surface area contributed by atoms with E-state index in [1.165, 1.54) is 29.2 Å². The highest BCUT2D eigenvalue weighted by molar-refractivity contribution is 5.85. The van der Waals surface area contributed by atoms with Crippen molar-refractivity contribution in [3.8, 4) is 0 Å². The van der Waals surface area contributed by atoms with Crippen LogP contribution in [0.1, 0.15) is 24.4 Å². The van der Waals surface area contributed by atoms with Gasteiger partial charge < -0.3 is 5.32 Å². The highest BCUT2D eigenvalue weighted by Crippen LogP contribution is 2.32. The van der Waals surface area contributed by atoms with Crippen molar-refractivity contribution in [2.75, 3.05) is 13.1 Å². The Morgan fingerprint density at radius 2 is 2.00 bits per heavy atom. The minimum absolute atomic E-state index is 0. The summed E-state index contributed by atoms with van der Waals surface area (Å²) in [4.78, 5) is 0. The Labute approximate surface area is 141 Å². The smallest absolute Gasteiger partial charge is 0.138 e. The molecule has 0 bridgehead atoms. The summed E-state index contributed by atoms with van der Waals surface area (Å²) in [7, 11) is 0. The number of nitrogens with one attached hydrogen (secondary N) is 1. The van der Waals surface area contributed by atoms with Crippen LogP contribution in [0, 0.1) is 5.92 Å². The fraction of sp³-hybridized carbons (Fsp3) is 0.353. The molecule has 2 aromatic carbocycles. The SMILES string of the molecule is Cl.c1ccc2cc(C([C@H]3CCCNC3)n3cnnn3)ccc2c1. The van der Waals surface area contributed by atoms with E-state index in [0.717, 1.165) is 13.1 Å². The van der Waals surface area contributed by atoms with E-state index in [-0.39, 0.29) is 18.4 Å². The molecule has 0 aliphatic carbocycles. The molecule has 1 aromatic heterocycles. The minimum atomic E-state index is 0. The standard InChI is InChI=1S/C17H19N5.ClH/c1-2-5-14-10-15(8-7-13(14)4-1)17(22-12-19-20-21-22)16-6-3-9-18-11-16;/h1-2,4-5,7-8,10,12,16-18H,3,6,9,11H2;1H/t16-,17?;/m0./s1. The van der Waals surface area contributed by atoms with Gasteiger partial charge in [0, 0.05) is 6.54 Å². The maximum atomic E-state index is 4.18. The van der Waals surface area contributed by atoms with Crippen molar-refractivity contribution in [1.82, 2.24) is 25.5 Å². The lowest BCUT2D eigenvalue weighted by molar-refractivity contribution is 0.279. The summed E-state index contributed by atoms with van der Waals surface area (Å²) >= 11 is 0. The Bertz CT molecular complexity index is 753. The highest BCUT2D eigenvalue weighted by atomic mass is 35.5. The molecule has 23 heavy (non-hydrogen) atoms. The number of hydrogen-bond donors (Lipinski definition) is 1. The van der Waals surface area contributed by atoms with E-state index in [4.69, 9.17) is 0 Å². The quantitative estimate of drug-likeness (QED) is 0.802. The maximum absolute atomic E-state index is 4.18. The van der Waals surface area contributed by atoms with Crippen molar-refractivity contribution < 1.29 is 0 Å². The number of fused-ring (bicyclic) bond motifs is 1. The molecule has 2 heterocycles. The van der Waals surface area contributed by atoms with Crippen molar-refractivity contribution in [2.45, 2.75) is 18.9 Å². The number of aromatic nitrogens is 4. The van der Waals surface area contributed by atoms with Gasteiger partial charge in [0.05, 0.1) is 6.04 Å². The van der Waals surface area contributed by atoms with Gasteiger partial charge in [-0.05, 0) is 58.1 Å². The predicted molar refractivity (Wildman–Crippen MR) is 92.7 cm³/mol. The van der Waals surface area contributed by atoms with Gasteiger partial charge in [-0.3, -0.25) is 0 Å². The van der Waals surface area contributed by atoms with Gasteiger partial charge in [-0.2, -0.15) is 0 Å². The number of benzene rings is 2. The molecule has 0 radical (unpaired) electrons. The Balaban J connectivity index is 0.00000156. The zero-order chi connectivity index (χ0) is 14.8. The fourth-order valence-electron chi connectivity index (χ4n) is 3.48. The fourth-order valence-corrected chi connectivity index (χ4v) is 3.48. The van der Waals surface area contributed by atoms with Crippen LogP contribution in [0.3, 0.4) is 0 Å². The average molecular weight is 330 g/mol. The molecule has 1 fully saturated rings. The minimum Gasteiger partial charge on any atom is -0.316 e. The van der Waals surface area contributed by atoms with Crippen molar-refractivity contribution in [3.63, 3.8) is 0 Å². The predicted octanol–water partition coefficient (Wildman–Crippen LogP) is 2.84. The first kappa shape index (κ1) is 15.9. The second kappa shape index (κ2) is 7.06. The van der Waals surface area contributed by atoms with Crippen molar-refractivity contribution >= 4 is 23.2 Å². The number of hydrogen-bond acceptors (Lipinski definition) is 4. The molecule has 1 aliphatic heterocycles. The third kappa shape index (κ3) is 3.21. The van der Waals surface area contributed by atoms with Gasteiger partial charge >= 0.3 is 0 Å². The van der Waals surface area contributed by atoms with Gasteiger partial charge in [0.15, 0.2) is 0 Å². The first-order valence-electron chi connectivity index (χ1n) is 7.84. The molecule has 2 atom stereocenters. The van der Waals surface area contributed by atoms with Crippen LogP contribution in [-0.4, -0.2) is 33.3 Å². The molecule has 1 saturated heterocycles. The van der Waals surface area contributed by atoms with Crippen molar-refractivity contribution in [2.24, 2.45) is 5.92 Å². The second-order valence-corrected chi connectivity index (χ2v) is 5.95. The Morgan fingerprint density at radius 1 is 1.13 bits per heavy atom. The van der Waals surface area contributed by atoms with Crippen LogP contribution in [0.15, 0.2) is 48.8 Å². The van der Waals surface area contributed by atoms with Gasteiger partial charge in [0.2, 0.25) is 0 Å². The van der Waals surface area contributed by atoms with Crippen LogP contribution in [0.25, 0.3) is 10.8 Å². The Kier molecular flexibility index (Phi) is 4.88. The lowest BCUT2D eigenvalue weighted by Crippen LogP contribution is -2.36. The molecule has 120 valence electrons. The first-order chi connectivity index (χ1) is 10.9. The second-order valence-electron chi connectivity index (χ2n) is 5.95. The van der Waals surface area contributed by atoms with E-state index in [0.29, 0.717) is 5.92 Å². The largest absolute Gasteiger partial charge is 0.316 e. The van der Waals surface area contributed by atoms with Crippen LogP contribution >= 0.6 is 12.4 Å². The molecule has 1 aliphatic rings. The third-order valence-corrected chi connectivity index (χ3v) is 4.55. The number of tetrazole rings is 1. The van der Waals surface area contributed by atoms with Crippen molar-refractivity contribution in [1.29, 1.82) is 0 Å². The molecule has 0 spiro atoms. The van der Waals surface area contributed by atoms with Crippen LogP contribution in [0.2, 0.25) is 0 Å². The van der Waals surface area contributed by atoms with E-state index < -0.39 is 0 Å². The zero-order valence-corrected chi connectivity index (χ0v) is 13.6. The summed E-state index contributed by atoms with van der Waals surface area (Å²) in [6, 6.07) is 15.3. The van der Waals surface area contributed by atoms with E-state index in [9.17, 15) is 0 Å². The van der Waals surface area contributed by atoms with E-state index in [1.54, 1.807) is 6.33 Å². The molecule has 0 saturated carbocycles. The summed E-state index contributed by atoms with van der Waals surface area (Å²) in [6.07, 6.45) is 4.13. The summed E-state index contributed by atoms with van der Waals surface area (Å²) in [6.45, 7) is 2.12. The summed E-state index contributed by atoms with van der Waals surface area (Å²) < 4.78 is 1.90.